The molecule has 0 atom stereocenters. The average molecular weight is 288 g/mol. The number of methoxy groups -OCH3 is 2. The fraction of sp³-hybridized carbons (Fsp3) is 0.143. The first kappa shape index (κ1) is 14.4. The number of rotatable bonds is 4. The Morgan fingerprint density at radius 3 is 2.62 bits per heavy atom. The summed E-state index contributed by atoms with van der Waals surface area (Å²) in [6, 6.07) is 5.77. The maximum Gasteiger partial charge on any atom is 0.338 e. The standard InChI is InChI=1S/C14H12N2O5/c1-20-11-5-10(7-15-8-11)12-4-3-9(14(17)21-2)6-13(12)16(18)19/h3-8H,1-2H3. The summed E-state index contributed by atoms with van der Waals surface area (Å²) in [6.07, 6.45) is 2.99. The highest BCUT2D eigenvalue weighted by Gasteiger charge is 2.19. The molecule has 7 nitrogen and oxygen atoms in total. The van der Waals surface area contributed by atoms with E-state index in [9.17, 15) is 14.9 Å². The smallest absolute Gasteiger partial charge is 0.338 e. The van der Waals surface area contributed by atoms with Gasteiger partial charge in [0.2, 0.25) is 0 Å². The van der Waals surface area contributed by atoms with E-state index >= 15 is 0 Å². The van der Waals surface area contributed by atoms with Crippen LogP contribution >= 0.6 is 0 Å². The summed E-state index contributed by atoms with van der Waals surface area (Å²) >= 11 is 0. The van der Waals surface area contributed by atoms with Crippen LogP contribution in [-0.4, -0.2) is 30.1 Å². The molecule has 0 radical (unpaired) electrons. The third-order valence-electron chi connectivity index (χ3n) is 2.88. The molecule has 0 fully saturated rings. The first-order valence-corrected chi connectivity index (χ1v) is 5.93. The van der Waals surface area contributed by atoms with Crippen LogP contribution in [0.5, 0.6) is 5.75 Å². The second-order valence-corrected chi connectivity index (χ2v) is 4.09. The highest BCUT2D eigenvalue weighted by atomic mass is 16.6. The molecule has 0 aliphatic carbocycles. The number of nitrogens with zero attached hydrogens (tertiary/aromatic N) is 2. The molecule has 0 amide bonds. The van der Waals surface area contributed by atoms with E-state index in [0.717, 1.165) is 0 Å². The Morgan fingerprint density at radius 2 is 2.00 bits per heavy atom. The lowest BCUT2D eigenvalue weighted by atomic mass is 10.0. The molecule has 0 spiro atoms. The highest BCUT2D eigenvalue weighted by Crippen LogP contribution is 2.32. The number of benzene rings is 1. The van der Waals surface area contributed by atoms with Crippen molar-refractivity contribution in [2.75, 3.05) is 14.2 Å². The van der Waals surface area contributed by atoms with Gasteiger partial charge in [-0.2, -0.15) is 0 Å². The molecular formula is C14H12N2O5. The van der Waals surface area contributed by atoms with Crippen LogP contribution < -0.4 is 4.74 Å². The van der Waals surface area contributed by atoms with Crippen LogP contribution in [0.1, 0.15) is 10.4 Å². The van der Waals surface area contributed by atoms with Gasteiger partial charge in [0, 0.05) is 17.8 Å². The van der Waals surface area contributed by atoms with E-state index in [1.54, 1.807) is 6.07 Å². The minimum Gasteiger partial charge on any atom is -0.495 e. The third kappa shape index (κ3) is 2.97. The molecule has 2 rings (SSSR count). The van der Waals surface area contributed by atoms with E-state index < -0.39 is 10.9 Å². The van der Waals surface area contributed by atoms with Crippen LogP contribution in [0.25, 0.3) is 11.1 Å². The minimum atomic E-state index is -0.631. The lowest BCUT2D eigenvalue weighted by molar-refractivity contribution is -0.384. The van der Waals surface area contributed by atoms with Crippen molar-refractivity contribution in [1.29, 1.82) is 0 Å². The predicted molar refractivity (Wildman–Crippen MR) is 74.2 cm³/mol. The topological polar surface area (TPSA) is 91.6 Å². The molecule has 0 unspecified atom stereocenters. The molecule has 0 N–H and O–H groups in total. The van der Waals surface area contributed by atoms with E-state index in [4.69, 9.17) is 4.74 Å². The lowest BCUT2D eigenvalue weighted by Gasteiger charge is -2.06. The monoisotopic (exact) mass is 288 g/mol. The SMILES string of the molecule is COC(=O)c1ccc(-c2cncc(OC)c2)c([N+](=O)[O-])c1. The second-order valence-electron chi connectivity index (χ2n) is 4.09. The Bertz CT molecular complexity index is 700. The number of hydrogen-bond donors (Lipinski definition) is 0. The largest absolute Gasteiger partial charge is 0.495 e. The summed E-state index contributed by atoms with van der Waals surface area (Å²) in [5.41, 5.74) is 0.785. The Morgan fingerprint density at radius 1 is 1.24 bits per heavy atom. The molecule has 0 saturated carbocycles. The zero-order valence-electron chi connectivity index (χ0n) is 11.4. The fourth-order valence-electron chi connectivity index (χ4n) is 1.85. The Balaban J connectivity index is 2.57. The lowest BCUT2D eigenvalue weighted by Crippen LogP contribution is -2.03. The predicted octanol–water partition coefficient (Wildman–Crippen LogP) is 2.45. The van der Waals surface area contributed by atoms with Crippen molar-refractivity contribution < 1.29 is 19.2 Å². The van der Waals surface area contributed by atoms with Crippen LogP contribution in [0.2, 0.25) is 0 Å². The van der Waals surface area contributed by atoms with Crippen molar-refractivity contribution in [2.24, 2.45) is 0 Å². The minimum absolute atomic E-state index is 0.115. The first-order valence-electron chi connectivity index (χ1n) is 5.93. The Hall–Kier alpha value is -2.96. The molecule has 0 aliphatic rings. The number of esters is 1. The van der Waals surface area contributed by atoms with E-state index in [1.165, 1.54) is 44.8 Å². The van der Waals surface area contributed by atoms with Gasteiger partial charge in [-0.15, -0.1) is 0 Å². The number of carbonyl (C=O) groups excluding carboxylic acids is 1. The van der Waals surface area contributed by atoms with Crippen LogP contribution in [0.15, 0.2) is 36.7 Å². The molecule has 21 heavy (non-hydrogen) atoms. The molecule has 2 aromatic rings. The van der Waals surface area contributed by atoms with Crippen LogP contribution in [0.4, 0.5) is 5.69 Å². The van der Waals surface area contributed by atoms with Gasteiger partial charge in [-0.3, -0.25) is 15.1 Å². The van der Waals surface area contributed by atoms with Gasteiger partial charge in [0.1, 0.15) is 5.75 Å². The number of pyridine rings is 1. The molecule has 1 heterocycles. The highest BCUT2D eigenvalue weighted by molar-refractivity contribution is 5.92. The van der Waals surface area contributed by atoms with Gasteiger partial charge in [-0.1, -0.05) is 0 Å². The molecule has 0 bridgehead atoms. The molecule has 1 aromatic heterocycles. The summed E-state index contributed by atoms with van der Waals surface area (Å²) in [4.78, 5) is 26.1. The summed E-state index contributed by atoms with van der Waals surface area (Å²) in [7, 11) is 2.70. The van der Waals surface area contributed by atoms with Gasteiger partial charge in [-0.05, 0) is 18.2 Å². The summed E-state index contributed by atoms with van der Waals surface area (Å²) in [5.74, 6) is -0.146. The van der Waals surface area contributed by atoms with Crippen molar-refractivity contribution >= 4 is 11.7 Å². The summed E-state index contributed by atoms with van der Waals surface area (Å²) < 4.78 is 9.61. The van der Waals surface area contributed by atoms with Crippen molar-refractivity contribution in [2.45, 2.75) is 0 Å². The number of ether oxygens (including phenoxy) is 2. The quantitative estimate of drug-likeness (QED) is 0.487. The van der Waals surface area contributed by atoms with Crippen LogP contribution in [-0.2, 0) is 4.74 Å². The second kappa shape index (κ2) is 6.00. The molecule has 108 valence electrons. The maximum absolute atomic E-state index is 11.5. The fourth-order valence-corrected chi connectivity index (χ4v) is 1.85. The van der Waals surface area contributed by atoms with Gasteiger partial charge in [0.05, 0.1) is 36.5 Å². The van der Waals surface area contributed by atoms with Gasteiger partial charge >= 0.3 is 5.97 Å². The number of nitro groups is 1. The molecule has 0 saturated heterocycles. The van der Waals surface area contributed by atoms with Crippen molar-refractivity contribution in [3.8, 4) is 16.9 Å². The first-order chi connectivity index (χ1) is 10.1. The molecular weight excluding hydrogens is 276 g/mol. The third-order valence-corrected chi connectivity index (χ3v) is 2.88. The van der Waals surface area contributed by atoms with Gasteiger partial charge in [-0.25, -0.2) is 4.79 Å². The molecule has 0 aliphatic heterocycles. The number of nitro benzene ring substituents is 1. The number of carbonyl (C=O) groups is 1. The van der Waals surface area contributed by atoms with E-state index in [-0.39, 0.29) is 11.3 Å². The Labute approximate surface area is 120 Å². The maximum atomic E-state index is 11.5. The normalized spacial score (nSPS) is 10.0. The van der Waals surface area contributed by atoms with Gasteiger partial charge < -0.3 is 9.47 Å². The van der Waals surface area contributed by atoms with E-state index in [2.05, 4.69) is 9.72 Å². The van der Waals surface area contributed by atoms with Crippen molar-refractivity contribution in [1.82, 2.24) is 4.98 Å². The van der Waals surface area contributed by atoms with Gasteiger partial charge in [0.25, 0.3) is 5.69 Å². The van der Waals surface area contributed by atoms with Crippen LogP contribution in [0, 0.1) is 10.1 Å². The summed E-state index contributed by atoms with van der Waals surface area (Å²) in [5, 5.41) is 11.2. The zero-order chi connectivity index (χ0) is 15.4. The Kier molecular flexibility index (Phi) is 4.13. The van der Waals surface area contributed by atoms with Crippen LogP contribution in [0.3, 0.4) is 0 Å². The van der Waals surface area contributed by atoms with E-state index in [1.807, 2.05) is 0 Å². The average Bonchev–Trinajstić information content (AvgIpc) is 2.53. The van der Waals surface area contributed by atoms with E-state index in [0.29, 0.717) is 16.9 Å². The number of aromatic nitrogens is 1. The molecule has 1 aromatic carbocycles. The van der Waals surface area contributed by atoms with Gasteiger partial charge in [0.15, 0.2) is 0 Å². The summed E-state index contributed by atoms with van der Waals surface area (Å²) in [6.45, 7) is 0. The van der Waals surface area contributed by atoms with Crippen molar-refractivity contribution in [3.63, 3.8) is 0 Å². The molecule has 7 heteroatoms. The zero-order valence-corrected chi connectivity index (χ0v) is 11.4. The van der Waals surface area contributed by atoms with Crippen molar-refractivity contribution in [3.05, 3.63) is 52.3 Å². The number of hydrogen-bond acceptors (Lipinski definition) is 6.